The zero-order valence-electron chi connectivity index (χ0n) is 12.9. The van der Waals surface area contributed by atoms with Gasteiger partial charge in [0, 0.05) is 6.20 Å². The Morgan fingerprint density at radius 2 is 2.00 bits per heavy atom. The zero-order chi connectivity index (χ0) is 15.8. The van der Waals surface area contributed by atoms with E-state index in [2.05, 4.69) is 10.3 Å². The maximum absolute atomic E-state index is 12.0. The highest BCUT2D eigenvalue weighted by atomic mass is 35.5. The van der Waals surface area contributed by atoms with Crippen LogP contribution >= 0.6 is 11.6 Å². The van der Waals surface area contributed by atoms with Crippen molar-refractivity contribution in [3.63, 3.8) is 0 Å². The first-order chi connectivity index (χ1) is 9.60. The monoisotopic (exact) mass is 309 g/mol. The Kier molecular flexibility index (Phi) is 3.89. The molecule has 1 amide bonds. The molecule has 1 N–H and O–H groups in total. The molecule has 0 saturated carbocycles. The molecule has 0 aliphatic rings. The first-order valence-corrected chi connectivity index (χ1v) is 7.11. The van der Waals surface area contributed by atoms with Gasteiger partial charge in [0.15, 0.2) is 0 Å². The fourth-order valence-electron chi connectivity index (χ4n) is 2.06. The van der Waals surface area contributed by atoms with Crippen molar-refractivity contribution in [2.45, 2.75) is 45.8 Å². The van der Waals surface area contributed by atoms with Crippen molar-refractivity contribution in [1.29, 1.82) is 0 Å². The van der Waals surface area contributed by atoms with Crippen LogP contribution in [0.1, 0.15) is 40.4 Å². The molecule has 0 aliphatic carbocycles. The van der Waals surface area contributed by atoms with Gasteiger partial charge in [-0.1, -0.05) is 11.6 Å². The molecule has 0 aliphatic heterocycles. The second-order valence-corrected chi connectivity index (χ2v) is 6.85. The number of fused-ring (bicyclic) bond motifs is 1. The van der Waals surface area contributed by atoms with Crippen LogP contribution in [0.3, 0.4) is 0 Å². The number of pyridine rings is 1. The molecule has 2 rings (SSSR count). The molecule has 6 heteroatoms. The van der Waals surface area contributed by atoms with Crippen LogP contribution < -0.4 is 5.32 Å². The third-order valence-electron chi connectivity index (χ3n) is 2.89. The van der Waals surface area contributed by atoms with Crippen molar-refractivity contribution in [1.82, 2.24) is 14.7 Å². The van der Waals surface area contributed by atoms with Gasteiger partial charge in [0.25, 0.3) is 0 Å². The first kappa shape index (κ1) is 15.6. The first-order valence-electron chi connectivity index (χ1n) is 6.73. The van der Waals surface area contributed by atoms with Crippen LogP contribution in [0.25, 0.3) is 5.52 Å². The van der Waals surface area contributed by atoms with Gasteiger partial charge in [-0.05, 0) is 46.8 Å². The number of halogens is 1. The normalized spacial score (nSPS) is 12.5. The number of amides is 1. The number of nitrogens with one attached hydrogen (secondary N) is 1. The lowest BCUT2D eigenvalue weighted by Gasteiger charge is -2.27. The third-order valence-corrected chi connectivity index (χ3v) is 3.21. The van der Waals surface area contributed by atoms with E-state index in [1.54, 1.807) is 12.3 Å². The number of hydrogen-bond acceptors (Lipinski definition) is 3. The Hall–Kier alpha value is -1.75. The molecule has 0 saturated heterocycles. The molecule has 0 bridgehead atoms. The number of aromatic nitrogens is 2. The summed E-state index contributed by atoms with van der Waals surface area (Å²) in [5, 5.41) is 3.45. The Labute approximate surface area is 129 Å². The Bertz CT molecular complexity index is 671. The van der Waals surface area contributed by atoms with Gasteiger partial charge in [-0.15, -0.1) is 0 Å². The van der Waals surface area contributed by atoms with Crippen molar-refractivity contribution in [2.24, 2.45) is 0 Å². The summed E-state index contributed by atoms with van der Waals surface area (Å²) < 4.78 is 7.16. The van der Waals surface area contributed by atoms with Crippen LogP contribution in [0.15, 0.2) is 24.5 Å². The van der Waals surface area contributed by atoms with Gasteiger partial charge in [0.05, 0.1) is 22.3 Å². The molecule has 5 nitrogen and oxygen atoms in total. The van der Waals surface area contributed by atoms with Gasteiger partial charge in [-0.2, -0.15) is 0 Å². The molecule has 2 aromatic rings. The van der Waals surface area contributed by atoms with E-state index in [0.29, 0.717) is 10.8 Å². The lowest BCUT2D eigenvalue weighted by atomic mass is 10.1. The average molecular weight is 310 g/mol. The summed E-state index contributed by atoms with van der Waals surface area (Å²) in [5.74, 6) is 0.686. The number of carbonyl (C=O) groups excluding carboxylic acids is 1. The molecule has 114 valence electrons. The largest absolute Gasteiger partial charge is 0.444 e. The molecule has 0 atom stereocenters. The summed E-state index contributed by atoms with van der Waals surface area (Å²) >= 11 is 6.14. The van der Waals surface area contributed by atoms with Crippen molar-refractivity contribution < 1.29 is 9.53 Å². The highest BCUT2D eigenvalue weighted by molar-refractivity contribution is 6.33. The molecule has 0 radical (unpaired) electrons. The van der Waals surface area contributed by atoms with Crippen molar-refractivity contribution in [3.05, 3.63) is 35.4 Å². The number of carbonyl (C=O) groups is 1. The Morgan fingerprint density at radius 3 is 2.62 bits per heavy atom. The Balaban J connectivity index is 2.30. The molecule has 21 heavy (non-hydrogen) atoms. The highest BCUT2D eigenvalue weighted by Crippen LogP contribution is 2.24. The van der Waals surface area contributed by atoms with Crippen LogP contribution in [0, 0.1) is 0 Å². The van der Waals surface area contributed by atoms with Crippen LogP contribution in [-0.2, 0) is 10.3 Å². The predicted molar refractivity (Wildman–Crippen MR) is 82.6 cm³/mol. The number of imidazole rings is 1. The van der Waals surface area contributed by atoms with E-state index in [9.17, 15) is 4.79 Å². The molecular weight excluding hydrogens is 290 g/mol. The smallest absolute Gasteiger partial charge is 0.408 e. The minimum Gasteiger partial charge on any atom is -0.444 e. The predicted octanol–water partition coefficient (Wildman–Crippen LogP) is 3.75. The SMILES string of the molecule is CC(C)(C)OC(=O)NC(C)(C)c1ncc2c(Cl)cccn12. The molecule has 0 aromatic carbocycles. The zero-order valence-corrected chi connectivity index (χ0v) is 13.7. The minimum atomic E-state index is -0.695. The van der Waals surface area contributed by atoms with E-state index >= 15 is 0 Å². The summed E-state index contributed by atoms with van der Waals surface area (Å²) in [6.07, 6.45) is 3.07. The minimum absolute atomic E-state index is 0.480. The van der Waals surface area contributed by atoms with Gasteiger partial charge >= 0.3 is 6.09 Å². The number of ether oxygens (including phenoxy) is 1. The average Bonchev–Trinajstić information content (AvgIpc) is 2.71. The molecule has 2 aromatic heterocycles. The summed E-state index contributed by atoms with van der Waals surface area (Å²) in [4.78, 5) is 16.4. The number of rotatable bonds is 2. The van der Waals surface area contributed by atoms with E-state index in [0.717, 1.165) is 5.52 Å². The van der Waals surface area contributed by atoms with Gasteiger partial charge in [0.1, 0.15) is 11.4 Å². The van der Waals surface area contributed by atoms with Crippen LogP contribution in [0.4, 0.5) is 4.79 Å². The molecule has 0 spiro atoms. The standard InChI is InChI=1S/C15H20ClN3O2/c1-14(2,3)21-13(20)18-15(4,5)12-17-9-11-10(16)7-6-8-19(11)12/h6-9H,1-5H3,(H,18,20). The maximum Gasteiger partial charge on any atom is 0.408 e. The molecule has 0 fully saturated rings. The van der Waals surface area contributed by atoms with Crippen LogP contribution in [0.2, 0.25) is 5.02 Å². The molecular formula is C15H20ClN3O2. The fourth-order valence-corrected chi connectivity index (χ4v) is 2.28. The summed E-state index contributed by atoms with van der Waals surface area (Å²) in [6.45, 7) is 9.21. The van der Waals surface area contributed by atoms with Crippen molar-refractivity contribution in [3.8, 4) is 0 Å². The lowest BCUT2D eigenvalue weighted by Crippen LogP contribution is -2.44. The van der Waals surface area contributed by atoms with Gasteiger partial charge < -0.3 is 14.5 Å². The quantitative estimate of drug-likeness (QED) is 0.919. The second kappa shape index (κ2) is 5.22. The van der Waals surface area contributed by atoms with E-state index < -0.39 is 17.2 Å². The fraction of sp³-hybridized carbons (Fsp3) is 0.467. The van der Waals surface area contributed by atoms with E-state index in [4.69, 9.17) is 16.3 Å². The van der Waals surface area contributed by atoms with Crippen molar-refractivity contribution in [2.75, 3.05) is 0 Å². The molecule has 2 heterocycles. The van der Waals surface area contributed by atoms with Crippen LogP contribution in [-0.4, -0.2) is 21.1 Å². The lowest BCUT2D eigenvalue weighted by molar-refractivity contribution is 0.0466. The third kappa shape index (κ3) is 3.47. The van der Waals surface area contributed by atoms with Gasteiger partial charge in [0.2, 0.25) is 0 Å². The van der Waals surface area contributed by atoms with E-state index in [-0.39, 0.29) is 0 Å². The number of hydrogen-bond donors (Lipinski definition) is 1. The number of alkyl carbamates (subject to hydrolysis) is 1. The van der Waals surface area contributed by atoms with Gasteiger partial charge in [-0.25, -0.2) is 9.78 Å². The topological polar surface area (TPSA) is 55.6 Å². The highest BCUT2D eigenvalue weighted by Gasteiger charge is 2.30. The van der Waals surface area contributed by atoms with Crippen molar-refractivity contribution >= 4 is 23.2 Å². The summed E-state index contributed by atoms with van der Waals surface area (Å²) in [5.41, 5.74) is -0.439. The Morgan fingerprint density at radius 1 is 1.33 bits per heavy atom. The summed E-state index contributed by atoms with van der Waals surface area (Å²) in [6, 6.07) is 3.64. The maximum atomic E-state index is 12.0. The number of nitrogens with zero attached hydrogens (tertiary/aromatic N) is 2. The summed E-state index contributed by atoms with van der Waals surface area (Å²) in [7, 11) is 0. The van der Waals surface area contributed by atoms with E-state index in [1.807, 2.05) is 51.3 Å². The molecule has 0 unspecified atom stereocenters. The van der Waals surface area contributed by atoms with Crippen LogP contribution in [0.5, 0.6) is 0 Å². The van der Waals surface area contributed by atoms with E-state index in [1.165, 1.54) is 0 Å². The second-order valence-electron chi connectivity index (χ2n) is 6.45. The van der Waals surface area contributed by atoms with Gasteiger partial charge in [-0.3, -0.25) is 0 Å².